The van der Waals surface area contributed by atoms with Crippen molar-refractivity contribution in [1.29, 1.82) is 0 Å². The van der Waals surface area contributed by atoms with E-state index in [0.717, 1.165) is 25.2 Å². The fraction of sp³-hybridized carbons (Fsp3) is 0.350. The number of amides is 1. The van der Waals surface area contributed by atoms with E-state index < -0.39 is 0 Å². The molecule has 1 amide bonds. The molecule has 126 valence electrons. The lowest BCUT2D eigenvalue weighted by atomic mass is 10.1. The lowest BCUT2D eigenvalue weighted by molar-refractivity contribution is 0.0951. The van der Waals surface area contributed by atoms with Crippen LogP contribution >= 0.6 is 0 Å². The summed E-state index contributed by atoms with van der Waals surface area (Å²) in [5.74, 6) is -0.0651. The smallest absolute Gasteiger partial charge is 0.251 e. The molecule has 2 aromatic rings. The highest BCUT2D eigenvalue weighted by Gasteiger charge is 2.13. The van der Waals surface area contributed by atoms with E-state index >= 15 is 0 Å². The molecule has 0 aliphatic carbocycles. The highest BCUT2D eigenvalue weighted by molar-refractivity contribution is 5.94. The van der Waals surface area contributed by atoms with Crippen molar-refractivity contribution in [3.05, 3.63) is 71.3 Å². The Morgan fingerprint density at radius 3 is 2.58 bits per heavy atom. The summed E-state index contributed by atoms with van der Waals surface area (Å²) in [6.45, 7) is 3.66. The first kappa shape index (κ1) is 16.7. The van der Waals surface area contributed by atoms with E-state index in [-0.39, 0.29) is 11.9 Å². The molecule has 4 heteroatoms. The van der Waals surface area contributed by atoms with Crippen molar-refractivity contribution in [2.45, 2.75) is 25.4 Å². The van der Waals surface area contributed by atoms with Gasteiger partial charge in [-0.15, -0.1) is 0 Å². The Balaban J connectivity index is 1.56. The van der Waals surface area contributed by atoms with Crippen molar-refractivity contribution in [3.63, 3.8) is 0 Å². The van der Waals surface area contributed by atoms with Gasteiger partial charge in [-0.05, 0) is 49.2 Å². The highest BCUT2D eigenvalue weighted by Crippen LogP contribution is 2.14. The van der Waals surface area contributed by atoms with Crippen molar-refractivity contribution in [1.82, 2.24) is 10.2 Å². The number of rotatable bonds is 6. The summed E-state index contributed by atoms with van der Waals surface area (Å²) in [4.78, 5) is 14.8. The average molecular weight is 323 g/mol. The van der Waals surface area contributed by atoms with E-state index in [2.05, 4.69) is 16.3 Å². The first-order valence-electron chi connectivity index (χ1n) is 8.62. The van der Waals surface area contributed by atoms with Crippen molar-refractivity contribution >= 4 is 5.91 Å². The number of carbonyl (C=O) groups excluding carboxylic acids is 1. The number of hydrogen-bond donors (Lipinski definition) is 2. The first-order chi connectivity index (χ1) is 11.7. The van der Waals surface area contributed by atoms with Crippen LogP contribution in [0.3, 0.4) is 0 Å². The topological polar surface area (TPSA) is 58.4 Å². The van der Waals surface area contributed by atoms with Gasteiger partial charge in [0, 0.05) is 24.7 Å². The number of hydrogen-bond acceptors (Lipinski definition) is 3. The summed E-state index contributed by atoms with van der Waals surface area (Å²) < 4.78 is 0. The summed E-state index contributed by atoms with van der Waals surface area (Å²) in [7, 11) is 0. The van der Waals surface area contributed by atoms with Gasteiger partial charge in [0.1, 0.15) is 0 Å². The Labute approximate surface area is 143 Å². The molecule has 0 saturated carbocycles. The van der Waals surface area contributed by atoms with Crippen LogP contribution in [0.2, 0.25) is 0 Å². The largest absolute Gasteiger partial charge is 0.350 e. The second kappa shape index (κ2) is 8.08. The Morgan fingerprint density at radius 2 is 1.83 bits per heavy atom. The van der Waals surface area contributed by atoms with Crippen LogP contribution in [0.5, 0.6) is 0 Å². The number of likely N-dealkylation sites (tertiary alicyclic amines) is 1. The SMILES string of the molecule is NC(CNC(=O)c1cccc(CN2CCCC2)c1)c1ccccc1. The van der Waals surface area contributed by atoms with E-state index in [4.69, 9.17) is 5.73 Å². The van der Waals surface area contributed by atoms with Crippen LogP contribution in [0.25, 0.3) is 0 Å². The lowest BCUT2D eigenvalue weighted by Crippen LogP contribution is -2.32. The number of nitrogens with zero attached hydrogens (tertiary/aromatic N) is 1. The van der Waals surface area contributed by atoms with Crippen LogP contribution in [0.4, 0.5) is 0 Å². The lowest BCUT2D eigenvalue weighted by Gasteiger charge is -2.16. The van der Waals surface area contributed by atoms with Crippen LogP contribution < -0.4 is 11.1 Å². The molecule has 0 aromatic heterocycles. The van der Waals surface area contributed by atoms with Crippen molar-refractivity contribution in [3.8, 4) is 0 Å². The van der Waals surface area contributed by atoms with Gasteiger partial charge in [-0.1, -0.05) is 42.5 Å². The monoisotopic (exact) mass is 323 g/mol. The Morgan fingerprint density at radius 1 is 1.08 bits per heavy atom. The zero-order chi connectivity index (χ0) is 16.8. The minimum atomic E-state index is -0.192. The van der Waals surface area contributed by atoms with E-state index in [1.807, 2.05) is 48.5 Å². The third-order valence-corrected chi connectivity index (χ3v) is 4.50. The van der Waals surface area contributed by atoms with E-state index in [0.29, 0.717) is 12.1 Å². The average Bonchev–Trinajstić information content (AvgIpc) is 3.13. The molecule has 0 spiro atoms. The number of carbonyl (C=O) groups is 1. The van der Waals surface area contributed by atoms with Gasteiger partial charge in [-0.2, -0.15) is 0 Å². The Kier molecular flexibility index (Phi) is 5.62. The van der Waals surface area contributed by atoms with Gasteiger partial charge in [0.05, 0.1) is 0 Å². The maximum atomic E-state index is 12.4. The summed E-state index contributed by atoms with van der Waals surface area (Å²) in [5.41, 5.74) is 9.06. The molecule has 3 N–H and O–H groups in total. The number of nitrogens with two attached hydrogens (primary N) is 1. The van der Waals surface area contributed by atoms with Crippen molar-refractivity contribution < 1.29 is 4.79 Å². The van der Waals surface area contributed by atoms with Crippen LogP contribution in [-0.4, -0.2) is 30.4 Å². The Hall–Kier alpha value is -2.17. The summed E-state index contributed by atoms with van der Waals surface area (Å²) in [6, 6.07) is 17.5. The van der Waals surface area contributed by atoms with Gasteiger partial charge in [0.2, 0.25) is 0 Å². The van der Waals surface area contributed by atoms with Crippen LogP contribution in [0.1, 0.15) is 40.4 Å². The summed E-state index contributed by atoms with van der Waals surface area (Å²) in [6.07, 6.45) is 2.55. The Bertz CT molecular complexity index is 666. The molecular weight excluding hydrogens is 298 g/mol. The van der Waals surface area contributed by atoms with Crippen LogP contribution in [-0.2, 0) is 6.54 Å². The summed E-state index contributed by atoms with van der Waals surface area (Å²) >= 11 is 0. The number of benzene rings is 2. The molecule has 1 atom stereocenters. The second-order valence-corrected chi connectivity index (χ2v) is 6.41. The van der Waals surface area contributed by atoms with E-state index in [1.165, 1.54) is 18.4 Å². The van der Waals surface area contributed by atoms with Crippen LogP contribution in [0, 0.1) is 0 Å². The van der Waals surface area contributed by atoms with E-state index in [9.17, 15) is 4.79 Å². The molecular formula is C20H25N3O. The maximum absolute atomic E-state index is 12.4. The second-order valence-electron chi connectivity index (χ2n) is 6.41. The molecule has 0 radical (unpaired) electrons. The first-order valence-corrected chi connectivity index (χ1v) is 8.62. The molecule has 1 aliphatic heterocycles. The number of nitrogens with one attached hydrogen (secondary N) is 1. The van der Waals surface area contributed by atoms with Crippen molar-refractivity contribution in [2.24, 2.45) is 5.73 Å². The molecule has 24 heavy (non-hydrogen) atoms. The maximum Gasteiger partial charge on any atom is 0.251 e. The molecule has 1 unspecified atom stereocenters. The molecule has 1 heterocycles. The van der Waals surface area contributed by atoms with Gasteiger partial charge in [0.15, 0.2) is 0 Å². The third-order valence-electron chi connectivity index (χ3n) is 4.50. The fourth-order valence-electron chi connectivity index (χ4n) is 3.13. The normalized spacial score (nSPS) is 16.0. The van der Waals surface area contributed by atoms with Crippen molar-refractivity contribution in [2.75, 3.05) is 19.6 Å². The van der Waals surface area contributed by atoms with Gasteiger partial charge < -0.3 is 11.1 Å². The van der Waals surface area contributed by atoms with Gasteiger partial charge in [0.25, 0.3) is 5.91 Å². The molecule has 1 aliphatic rings. The minimum Gasteiger partial charge on any atom is -0.350 e. The zero-order valence-corrected chi connectivity index (χ0v) is 13.9. The van der Waals surface area contributed by atoms with Gasteiger partial charge in [-0.25, -0.2) is 0 Å². The quantitative estimate of drug-likeness (QED) is 0.859. The molecule has 1 saturated heterocycles. The molecule has 4 nitrogen and oxygen atoms in total. The minimum absolute atomic E-state index is 0.0651. The molecule has 3 rings (SSSR count). The van der Waals surface area contributed by atoms with Gasteiger partial charge in [-0.3, -0.25) is 9.69 Å². The molecule has 2 aromatic carbocycles. The zero-order valence-electron chi connectivity index (χ0n) is 13.9. The highest BCUT2D eigenvalue weighted by atomic mass is 16.1. The predicted octanol–water partition coefficient (Wildman–Crippen LogP) is 2.71. The third kappa shape index (κ3) is 4.43. The molecule has 1 fully saturated rings. The van der Waals surface area contributed by atoms with Gasteiger partial charge >= 0.3 is 0 Å². The fourth-order valence-corrected chi connectivity index (χ4v) is 3.13. The predicted molar refractivity (Wildman–Crippen MR) is 96.7 cm³/mol. The summed E-state index contributed by atoms with van der Waals surface area (Å²) in [5, 5.41) is 2.94. The van der Waals surface area contributed by atoms with E-state index in [1.54, 1.807) is 0 Å². The van der Waals surface area contributed by atoms with Crippen LogP contribution in [0.15, 0.2) is 54.6 Å². The molecule has 0 bridgehead atoms. The standard InChI is InChI=1S/C20H25N3O/c21-19(17-8-2-1-3-9-17)14-22-20(24)18-10-6-7-16(13-18)15-23-11-4-5-12-23/h1-3,6-10,13,19H,4-5,11-12,14-15,21H2,(H,22,24).